The van der Waals surface area contributed by atoms with Crippen molar-refractivity contribution in [3.8, 4) is 16.9 Å². The van der Waals surface area contributed by atoms with Gasteiger partial charge in [0, 0.05) is 12.0 Å². The Kier molecular flexibility index (Phi) is 4.29. The summed E-state index contributed by atoms with van der Waals surface area (Å²) in [6.07, 6.45) is 0.642. The van der Waals surface area contributed by atoms with E-state index in [0.717, 1.165) is 22.4 Å². The van der Waals surface area contributed by atoms with Gasteiger partial charge in [-0.1, -0.05) is 42.5 Å². The third-order valence-corrected chi connectivity index (χ3v) is 3.95. The van der Waals surface area contributed by atoms with Gasteiger partial charge in [-0.25, -0.2) is 0 Å². The highest BCUT2D eigenvalue weighted by Crippen LogP contribution is 2.33. The van der Waals surface area contributed by atoms with E-state index in [0.29, 0.717) is 6.42 Å². The van der Waals surface area contributed by atoms with E-state index >= 15 is 0 Å². The smallest absolute Gasteiger partial charge is 0.303 e. The van der Waals surface area contributed by atoms with E-state index in [4.69, 9.17) is 9.84 Å². The largest absolute Gasteiger partial charge is 0.496 e. The van der Waals surface area contributed by atoms with Gasteiger partial charge < -0.3 is 9.84 Å². The van der Waals surface area contributed by atoms with Crippen LogP contribution in [-0.4, -0.2) is 18.2 Å². The number of methoxy groups -OCH3 is 1. The second-order valence-corrected chi connectivity index (χ2v) is 5.49. The van der Waals surface area contributed by atoms with Gasteiger partial charge in [-0.05, 0) is 46.5 Å². The minimum Gasteiger partial charge on any atom is -0.496 e. The molecule has 0 radical (unpaired) electrons. The molecule has 23 heavy (non-hydrogen) atoms. The molecule has 0 amide bonds. The summed E-state index contributed by atoms with van der Waals surface area (Å²) in [6.45, 7) is 0. The normalized spacial score (nSPS) is 10.7. The van der Waals surface area contributed by atoms with E-state index in [1.807, 2.05) is 30.3 Å². The maximum atomic E-state index is 10.8. The molecule has 0 saturated carbocycles. The maximum Gasteiger partial charge on any atom is 0.303 e. The van der Waals surface area contributed by atoms with Crippen LogP contribution in [-0.2, 0) is 11.2 Å². The van der Waals surface area contributed by atoms with Crippen molar-refractivity contribution in [2.75, 3.05) is 7.11 Å². The molecule has 0 heterocycles. The van der Waals surface area contributed by atoms with Crippen molar-refractivity contribution < 1.29 is 14.6 Å². The Hall–Kier alpha value is -2.81. The minimum atomic E-state index is -0.784. The van der Waals surface area contributed by atoms with Gasteiger partial charge in [0.1, 0.15) is 5.75 Å². The van der Waals surface area contributed by atoms with Gasteiger partial charge >= 0.3 is 5.97 Å². The molecule has 0 atom stereocenters. The van der Waals surface area contributed by atoms with E-state index in [1.54, 1.807) is 7.11 Å². The summed E-state index contributed by atoms with van der Waals surface area (Å²) in [4.78, 5) is 10.8. The minimum absolute atomic E-state index is 0.128. The van der Waals surface area contributed by atoms with Crippen molar-refractivity contribution in [1.82, 2.24) is 0 Å². The Bertz CT molecular complexity index is 852. The summed E-state index contributed by atoms with van der Waals surface area (Å²) in [5.41, 5.74) is 3.05. The molecule has 1 N–H and O–H groups in total. The highest BCUT2D eigenvalue weighted by atomic mass is 16.5. The van der Waals surface area contributed by atoms with Gasteiger partial charge in [0.05, 0.1) is 7.11 Å². The van der Waals surface area contributed by atoms with Crippen LogP contribution in [0.3, 0.4) is 0 Å². The predicted molar refractivity (Wildman–Crippen MR) is 91.9 cm³/mol. The molecule has 0 aromatic heterocycles. The first kappa shape index (κ1) is 15.1. The lowest BCUT2D eigenvalue weighted by atomic mass is 9.97. The number of hydrogen-bond acceptors (Lipinski definition) is 2. The molecule has 0 fully saturated rings. The summed E-state index contributed by atoms with van der Waals surface area (Å²) in [6, 6.07) is 20.4. The number of fused-ring (bicyclic) bond motifs is 1. The van der Waals surface area contributed by atoms with Crippen LogP contribution in [0, 0.1) is 0 Å². The number of hydrogen-bond donors (Lipinski definition) is 1. The van der Waals surface area contributed by atoms with Gasteiger partial charge in [0.15, 0.2) is 0 Å². The second kappa shape index (κ2) is 6.53. The Morgan fingerprint density at radius 3 is 2.52 bits per heavy atom. The molecule has 3 heteroatoms. The fourth-order valence-corrected chi connectivity index (χ4v) is 2.74. The predicted octanol–water partition coefficient (Wildman–Crippen LogP) is 4.53. The topological polar surface area (TPSA) is 46.5 Å². The number of aliphatic carboxylic acids is 1. The molecular formula is C20H18O3. The van der Waals surface area contributed by atoms with Crippen molar-refractivity contribution in [1.29, 1.82) is 0 Å². The number of rotatable bonds is 5. The van der Waals surface area contributed by atoms with Gasteiger partial charge in [0.2, 0.25) is 0 Å². The number of carbonyl (C=O) groups is 1. The van der Waals surface area contributed by atoms with Crippen molar-refractivity contribution in [2.45, 2.75) is 12.8 Å². The summed E-state index contributed by atoms with van der Waals surface area (Å²) in [5, 5.41) is 11.2. The van der Waals surface area contributed by atoms with Crippen LogP contribution in [0.2, 0.25) is 0 Å². The molecule has 3 aromatic rings. The second-order valence-electron chi connectivity index (χ2n) is 5.49. The molecule has 0 aliphatic rings. The summed E-state index contributed by atoms with van der Waals surface area (Å²) >= 11 is 0. The summed E-state index contributed by atoms with van der Waals surface area (Å²) < 4.78 is 5.48. The fourth-order valence-electron chi connectivity index (χ4n) is 2.74. The van der Waals surface area contributed by atoms with Gasteiger partial charge in [-0.15, -0.1) is 0 Å². The molecule has 0 bridgehead atoms. The zero-order valence-electron chi connectivity index (χ0n) is 13.0. The van der Waals surface area contributed by atoms with Crippen LogP contribution in [0.25, 0.3) is 21.9 Å². The van der Waals surface area contributed by atoms with Gasteiger partial charge in [-0.3, -0.25) is 4.79 Å². The lowest BCUT2D eigenvalue weighted by molar-refractivity contribution is -0.136. The lowest BCUT2D eigenvalue weighted by Gasteiger charge is -2.12. The van der Waals surface area contributed by atoms with Crippen molar-refractivity contribution >= 4 is 16.7 Å². The van der Waals surface area contributed by atoms with Crippen LogP contribution >= 0.6 is 0 Å². The first-order chi connectivity index (χ1) is 11.2. The Labute approximate surface area is 135 Å². The quantitative estimate of drug-likeness (QED) is 0.753. The Morgan fingerprint density at radius 1 is 1.00 bits per heavy atom. The molecule has 0 aliphatic heterocycles. The highest BCUT2D eigenvalue weighted by molar-refractivity contribution is 5.88. The van der Waals surface area contributed by atoms with Crippen molar-refractivity contribution in [2.24, 2.45) is 0 Å². The van der Waals surface area contributed by atoms with E-state index in [1.165, 1.54) is 10.8 Å². The van der Waals surface area contributed by atoms with Crippen molar-refractivity contribution in [3.63, 3.8) is 0 Å². The van der Waals surface area contributed by atoms with Gasteiger partial charge in [-0.2, -0.15) is 0 Å². The van der Waals surface area contributed by atoms with Crippen LogP contribution in [0.5, 0.6) is 5.75 Å². The number of benzene rings is 3. The third-order valence-electron chi connectivity index (χ3n) is 3.95. The van der Waals surface area contributed by atoms with Gasteiger partial charge in [0.25, 0.3) is 0 Å². The average Bonchev–Trinajstić information content (AvgIpc) is 2.59. The summed E-state index contributed by atoms with van der Waals surface area (Å²) in [5.74, 6) is 0.00688. The number of aryl methyl sites for hydroxylation is 1. The van der Waals surface area contributed by atoms with Crippen LogP contribution < -0.4 is 4.74 Å². The third kappa shape index (κ3) is 3.34. The maximum absolute atomic E-state index is 10.8. The highest BCUT2D eigenvalue weighted by Gasteiger charge is 2.09. The molecule has 3 rings (SSSR count). The summed E-state index contributed by atoms with van der Waals surface area (Å²) in [7, 11) is 1.65. The van der Waals surface area contributed by atoms with Crippen molar-refractivity contribution in [3.05, 3.63) is 66.2 Å². The van der Waals surface area contributed by atoms with Crippen LogP contribution in [0.15, 0.2) is 60.7 Å². The SMILES string of the molecule is COc1ccc(CCC(=O)O)cc1-c1ccc2ccccc2c1. The standard InChI is InChI=1S/C20H18O3/c1-23-19-10-6-14(7-11-20(21)22)12-18(19)17-9-8-15-4-2-3-5-16(15)13-17/h2-6,8-10,12-13H,7,11H2,1H3,(H,21,22). The van der Waals surface area contributed by atoms with Crippen LogP contribution in [0.1, 0.15) is 12.0 Å². The molecule has 0 aliphatic carbocycles. The number of carboxylic acids is 1. The molecule has 3 nitrogen and oxygen atoms in total. The average molecular weight is 306 g/mol. The lowest BCUT2D eigenvalue weighted by Crippen LogP contribution is -1.98. The molecule has 3 aromatic carbocycles. The zero-order chi connectivity index (χ0) is 16.2. The number of ether oxygens (including phenoxy) is 1. The van der Waals surface area contributed by atoms with E-state index in [2.05, 4.69) is 30.3 Å². The molecule has 116 valence electrons. The van der Waals surface area contributed by atoms with E-state index in [-0.39, 0.29) is 6.42 Å². The monoisotopic (exact) mass is 306 g/mol. The Morgan fingerprint density at radius 2 is 1.78 bits per heavy atom. The Balaban J connectivity index is 2.04. The molecule has 0 spiro atoms. The fraction of sp³-hybridized carbons (Fsp3) is 0.150. The molecule has 0 saturated heterocycles. The van der Waals surface area contributed by atoms with Crippen LogP contribution in [0.4, 0.5) is 0 Å². The first-order valence-electron chi connectivity index (χ1n) is 7.55. The first-order valence-corrected chi connectivity index (χ1v) is 7.55. The van der Waals surface area contributed by atoms with E-state index in [9.17, 15) is 4.79 Å². The molecule has 0 unspecified atom stereocenters. The zero-order valence-corrected chi connectivity index (χ0v) is 13.0. The number of carboxylic acid groups (broad SMARTS) is 1. The molecular weight excluding hydrogens is 288 g/mol. The van der Waals surface area contributed by atoms with E-state index < -0.39 is 5.97 Å².